The van der Waals surface area contributed by atoms with Gasteiger partial charge in [0, 0.05) is 5.56 Å². The fourth-order valence-electron chi connectivity index (χ4n) is 2.71. The van der Waals surface area contributed by atoms with Crippen molar-refractivity contribution in [1.82, 2.24) is 4.72 Å². The van der Waals surface area contributed by atoms with Crippen LogP contribution in [0, 0.1) is 11.6 Å². The molecule has 1 N–H and O–H groups in total. The van der Waals surface area contributed by atoms with E-state index in [0.717, 1.165) is 35.7 Å². The molecule has 0 bridgehead atoms. The number of benzene rings is 2. The Morgan fingerprint density at radius 2 is 1.80 bits per heavy atom. The van der Waals surface area contributed by atoms with Crippen molar-refractivity contribution < 1.29 is 22.0 Å². The van der Waals surface area contributed by atoms with E-state index in [4.69, 9.17) is 0 Å². The highest BCUT2D eigenvalue weighted by molar-refractivity contribution is 8.00. The highest BCUT2D eigenvalue weighted by atomic mass is 32.2. The summed E-state index contributed by atoms with van der Waals surface area (Å²) in [6.45, 7) is 0. The van der Waals surface area contributed by atoms with Gasteiger partial charge in [0.1, 0.15) is 22.6 Å². The maximum Gasteiger partial charge on any atom is 0.251 e. The van der Waals surface area contributed by atoms with Gasteiger partial charge in [0.15, 0.2) is 0 Å². The molecule has 1 amide bonds. The van der Waals surface area contributed by atoms with Crippen LogP contribution in [0.2, 0.25) is 0 Å². The standard InChI is InChI=1S/C17H15F2NO3S2/c18-14-6-3-7-15(19)13(14)10-25(22,23)20-17(21)16-12-5-2-1-4-11(12)8-9-24-16/h1-7,16H,8-10H2,(H,20,21). The quantitative estimate of drug-likeness (QED) is 0.882. The third-order valence-corrected chi connectivity index (χ3v) is 6.31. The molecule has 0 aromatic heterocycles. The first-order chi connectivity index (χ1) is 11.9. The van der Waals surface area contributed by atoms with Crippen LogP contribution in [0.15, 0.2) is 42.5 Å². The Labute approximate surface area is 148 Å². The van der Waals surface area contributed by atoms with E-state index in [1.54, 1.807) is 12.1 Å². The number of carbonyl (C=O) groups is 1. The van der Waals surface area contributed by atoms with Crippen molar-refractivity contribution in [1.29, 1.82) is 0 Å². The van der Waals surface area contributed by atoms with E-state index < -0.39 is 44.1 Å². The van der Waals surface area contributed by atoms with Crippen molar-refractivity contribution in [2.75, 3.05) is 5.75 Å². The van der Waals surface area contributed by atoms with Crippen LogP contribution in [0.4, 0.5) is 8.78 Å². The van der Waals surface area contributed by atoms with Crippen LogP contribution < -0.4 is 4.72 Å². The van der Waals surface area contributed by atoms with Crippen LogP contribution in [0.3, 0.4) is 0 Å². The zero-order valence-corrected chi connectivity index (χ0v) is 14.7. The normalized spacial score (nSPS) is 17.0. The summed E-state index contributed by atoms with van der Waals surface area (Å²) in [4.78, 5) is 12.4. The van der Waals surface area contributed by atoms with Gasteiger partial charge in [-0.25, -0.2) is 17.2 Å². The molecule has 0 saturated carbocycles. The molecule has 0 saturated heterocycles. The lowest BCUT2D eigenvalue weighted by atomic mass is 10.0. The lowest BCUT2D eigenvalue weighted by Crippen LogP contribution is -2.36. The van der Waals surface area contributed by atoms with Gasteiger partial charge in [-0.1, -0.05) is 30.3 Å². The van der Waals surface area contributed by atoms with E-state index in [2.05, 4.69) is 0 Å². The number of aryl methyl sites for hydroxylation is 1. The molecule has 1 aliphatic heterocycles. The molecule has 132 valence electrons. The number of rotatable bonds is 4. The Morgan fingerprint density at radius 3 is 2.52 bits per heavy atom. The van der Waals surface area contributed by atoms with E-state index in [-0.39, 0.29) is 0 Å². The Morgan fingerprint density at radius 1 is 1.12 bits per heavy atom. The molecule has 1 aliphatic rings. The van der Waals surface area contributed by atoms with Crippen molar-refractivity contribution in [3.05, 3.63) is 70.8 Å². The van der Waals surface area contributed by atoms with Gasteiger partial charge in [-0.15, -0.1) is 11.8 Å². The second-order valence-corrected chi connectivity index (χ2v) is 8.56. The molecular weight excluding hydrogens is 368 g/mol. The Balaban J connectivity index is 1.79. The monoisotopic (exact) mass is 383 g/mol. The number of sulfonamides is 1. The molecule has 0 radical (unpaired) electrons. The van der Waals surface area contributed by atoms with Gasteiger partial charge in [0.05, 0.1) is 0 Å². The zero-order chi connectivity index (χ0) is 18.0. The molecule has 0 spiro atoms. The van der Waals surface area contributed by atoms with Gasteiger partial charge in [-0.05, 0) is 35.4 Å². The molecule has 1 atom stereocenters. The summed E-state index contributed by atoms with van der Waals surface area (Å²) in [5.41, 5.74) is 1.18. The van der Waals surface area contributed by atoms with E-state index >= 15 is 0 Å². The Hall–Kier alpha value is -1.93. The van der Waals surface area contributed by atoms with Crippen molar-refractivity contribution in [2.45, 2.75) is 17.4 Å². The number of fused-ring (bicyclic) bond motifs is 1. The first-order valence-corrected chi connectivity index (χ1v) is 10.2. The predicted octanol–water partition coefficient (Wildman–Crippen LogP) is 2.94. The Bertz CT molecular complexity index is 896. The third kappa shape index (κ3) is 4.01. The number of hydrogen-bond acceptors (Lipinski definition) is 4. The number of nitrogens with one attached hydrogen (secondary N) is 1. The van der Waals surface area contributed by atoms with Crippen LogP contribution in [0.5, 0.6) is 0 Å². The fraction of sp³-hybridized carbons (Fsp3) is 0.235. The van der Waals surface area contributed by atoms with Gasteiger partial charge in [-0.2, -0.15) is 0 Å². The summed E-state index contributed by atoms with van der Waals surface area (Å²) in [7, 11) is -4.22. The van der Waals surface area contributed by atoms with Crippen LogP contribution >= 0.6 is 11.8 Å². The number of thioether (sulfide) groups is 1. The third-order valence-electron chi connectivity index (χ3n) is 3.88. The summed E-state index contributed by atoms with van der Waals surface area (Å²) < 4.78 is 53.6. The minimum atomic E-state index is -4.22. The van der Waals surface area contributed by atoms with Crippen LogP contribution in [-0.2, 0) is 27.0 Å². The lowest BCUT2D eigenvalue weighted by Gasteiger charge is -2.24. The van der Waals surface area contributed by atoms with Gasteiger partial charge in [0.25, 0.3) is 5.91 Å². The summed E-state index contributed by atoms with van der Waals surface area (Å²) in [6.07, 6.45) is 0.803. The van der Waals surface area contributed by atoms with Crippen molar-refractivity contribution in [2.24, 2.45) is 0 Å². The molecule has 2 aromatic rings. The maximum absolute atomic E-state index is 13.6. The second-order valence-electron chi connectivity index (χ2n) is 5.63. The van der Waals surface area contributed by atoms with Crippen LogP contribution in [-0.4, -0.2) is 20.1 Å². The highest BCUT2D eigenvalue weighted by Gasteiger charge is 2.30. The lowest BCUT2D eigenvalue weighted by molar-refractivity contribution is -0.118. The van der Waals surface area contributed by atoms with Crippen molar-refractivity contribution in [3.63, 3.8) is 0 Å². The number of hydrogen-bond donors (Lipinski definition) is 1. The second kappa shape index (κ2) is 7.13. The first-order valence-electron chi connectivity index (χ1n) is 7.54. The van der Waals surface area contributed by atoms with E-state index in [9.17, 15) is 22.0 Å². The minimum Gasteiger partial charge on any atom is -0.272 e. The smallest absolute Gasteiger partial charge is 0.251 e. The number of carbonyl (C=O) groups excluding carboxylic acids is 1. The molecule has 4 nitrogen and oxygen atoms in total. The molecule has 0 fully saturated rings. The first kappa shape index (κ1) is 17.9. The SMILES string of the molecule is O=C(NS(=O)(=O)Cc1c(F)cccc1F)C1SCCc2ccccc21. The highest BCUT2D eigenvalue weighted by Crippen LogP contribution is 2.36. The maximum atomic E-state index is 13.6. The molecule has 1 heterocycles. The molecular formula is C17H15F2NO3S2. The largest absolute Gasteiger partial charge is 0.272 e. The van der Waals surface area contributed by atoms with E-state index in [1.165, 1.54) is 11.8 Å². The summed E-state index contributed by atoms with van der Waals surface area (Å²) in [5, 5.41) is -0.662. The summed E-state index contributed by atoms with van der Waals surface area (Å²) in [6, 6.07) is 10.4. The van der Waals surface area contributed by atoms with Crippen molar-refractivity contribution >= 4 is 27.7 Å². The molecule has 0 aliphatic carbocycles. The molecule has 2 aromatic carbocycles. The molecule has 8 heteroatoms. The van der Waals surface area contributed by atoms with Gasteiger partial charge >= 0.3 is 0 Å². The average molecular weight is 383 g/mol. The van der Waals surface area contributed by atoms with Crippen LogP contribution in [0.1, 0.15) is 21.9 Å². The minimum absolute atomic E-state index is 0.584. The van der Waals surface area contributed by atoms with E-state index in [1.807, 2.05) is 16.9 Å². The zero-order valence-electron chi connectivity index (χ0n) is 13.0. The average Bonchev–Trinajstić information content (AvgIpc) is 2.57. The van der Waals surface area contributed by atoms with Crippen LogP contribution in [0.25, 0.3) is 0 Å². The van der Waals surface area contributed by atoms with Gasteiger partial charge in [0.2, 0.25) is 10.0 Å². The fourth-order valence-corrected chi connectivity index (χ4v) is 5.13. The Kier molecular flexibility index (Phi) is 5.10. The topological polar surface area (TPSA) is 63.2 Å². The number of halogens is 2. The summed E-state index contributed by atoms with van der Waals surface area (Å²) >= 11 is 1.34. The summed E-state index contributed by atoms with van der Waals surface area (Å²) in [5.74, 6) is -2.87. The van der Waals surface area contributed by atoms with E-state index in [0.29, 0.717) is 5.75 Å². The molecule has 25 heavy (non-hydrogen) atoms. The van der Waals surface area contributed by atoms with Crippen molar-refractivity contribution in [3.8, 4) is 0 Å². The van der Waals surface area contributed by atoms with Gasteiger partial charge in [-0.3, -0.25) is 9.52 Å². The number of amides is 1. The van der Waals surface area contributed by atoms with Gasteiger partial charge < -0.3 is 0 Å². The molecule has 3 rings (SSSR count). The predicted molar refractivity (Wildman–Crippen MR) is 92.5 cm³/mol. The molecule has 1 unspecified atom stereocenters.